The molecule has 142 valence electrons. The van der Waals surface area contributed by atoms with Crippen LogP contribution in [0.5, 0.6) is 0 Å². The van der Waals surface area contributed by atoms with Crippen LogP contribution in [0.2, 0.25) is 0 Å². The average molecular weight is 363 g/mol. The van der Waals surface area contributed by atoms with E-state index < -0.39 is 6.09 Å². The molecule has 8 heteroatoms. The highest BCUT2D eigenvalue weighted by molar-refractivity contribution is 5.93. The molecule has 0 radical (unpaired) electrons. The fourth-order valence-corrected chi connectivity index (χ4v) is 2.39. The maximum atomic E-state index is 12.0. The Hall–Kier alpha value is -2.61. The van der Waals surface area contributed by atoms with Crippen molar-refractivity contribution in [3.05, 3.63) is 24.3 Å². The molecule has 1 aromatic rings. The van der Waals surface area contributed by atoms with Gasteiger partial charge in [0.05, 0.1) is 6.61 Å². The van der Waals surface area contributed by atoms with Gasteiger partial charge < -0.3 is 20.1 Å². The van der Waals surface area contributed by atoms with Gasteiger partial charge in [0, 0.05) is 37.4 Å². The van der Waals surface area contributed by atoms with Crippen molar-refractivity contribution in [1.29, 1.82) is 0 Å². The minimum atomic E-state index is -0.595. The summed E-state index contributed by atoms with van der Waals surface area (Å²) in [7, 11) is 1.52. The van der Waals surface area contributed by atoms with Crippen molar-refractivity contribution in [3.63, 3.8) is 0 Å². The van der Waals surface area contributed by atoms with Crippen LogP contribution in [0.4, 0.5) is 16.2 Å². The molecule has 2 rings (SSSR count). The highest BCUT2D eigenvalue weighted by Crippen LogP contribution is 2.37. The van der Waals surface area contributed by atoms with Crippen LogP contribution in [-0.4, -0.2) is 44.8 Å². The van der Waals surface area contributed by atoms with Gasteiger partial charge in [0.1, 0.15) is 6.61 Å². The second kappa shape index (κ2) is 9.76. The Bertz CT molecular complexity index is 649. The molecule has 0 aliphatic heterocycles. The van der Waals surface area contributed by atoms with E-state index in [0.29, 0.717) is 30.4 Å². The third kappa shape index (κ3) is 6.72. The monoisotopic (exact) mass is 363 g/mol. The van der Waals surface area contributed by atoms with E-state index in [0.717, 1.165) is 6.42 Å². The van der Waals surface area contributed by atoms with Crippen molar-refractivity contribution in [2.75, 3.05) is 37.5 Å². The van der Waals surface area contributed by atoms with Crippen LogP contribution in [0.25, 0.3) is 0 Å². The van der Waals surface area contributed by atoms with Crippen molar-refractivity contribution in [3.8, 4) is 0 Å². The minimum absolute atomic E-state index is 0.0171. The number of carbonyl (C=O) groups is 3. The van der Waals surface area contributed by atoms with E-state index >= 15 is 0 Å². The summed E-state index contributed by atoms with van der Waals surface area (Å²) in [6, 6.07) is 6.73. The lowest BCUT2D eigenvalue weighted by Gasteiger charge is -2.10. The van der Waals surface area contributed by atoms with Crippen molar-refractivity contribution in [1.82, 2.24) is 5.32 Å². The van der Waals surface area contributed by atoms with Gasteiger partial charge >= 0.3 is 6.09 Å². The molecule has 1 aliphatic carbocycles. The Balaban J connectivity index is 1.72. The number of rotatable bonds is 9. The van der Waals surface area contributed by atoms with E-state index in [1.54, 1.807) is 24.3 Å². The molecule has 2 atom stereocenters. The summed E-state index contributed by atoms with van der Waals surface area (Å²) in [5.41, 5.74) is 1.05. The molecule has 26 heavy (non-hydrogen) atoms. The van der Waals surface area contributed by atoms with Crippen molar-refractivity contribution in [2.45, 2.75) is 19.8 Å². The lowest BCUT2D eigenvalue weighted by atomic mass is 10.2. The first-order valence-electron chi connectivity index (χ1n) is 8.60. The third-order valence-electron chi connectivity index (χ3n) is 4.01. The van der Waals surface area contributed by atoms with Gasteiger partial charge in [-0.25, -0.2) is 4.79 Å². The molecule has 0 spiro atoms. The summed E-state index contributed by atoms with van der Waals surface area (Å²) in [5, 5.41) is 8.07. The SMILES string of the molecule is COCCOC(=O)Nc1cccc(NC(=O)CCNC(=O)C2CC2C)c1. The number of nitrogens with one attached hydrogen (secondary N) is 3. The van der Waals surface area contributed by atoms with E-state index in [2.05, 4.69) is 16.0 Å². The second-order valence-electron chi connectivity index (χ2n) is 6.24. The van der Waals surface area contributed by atoms with Gasteiger partial charge in [-0.05, 0) is 30.5 Å². The summed E-state index contributed by atoms with van der Waals surface area (Å²) in [6.07, 6.45) is 0.512. The van der Waals surface area contributed by atoms with Crippen LogP contribution >= 0.6 is 0 Å². The molecule has 0 bridgehead atoms. The molecule has 0 saturated heterocycles. The Kier molecular flexibility index (Phi) is 7.40. The highest BCUT2D eigenvalue weighted by Gasteiger charge is 2.38. The zero-order valence-corrected chi connectivity index (χ0v) is 15.0. The van der Waals surface area contributed by atoms with Crippen LogP contribution in [0.3, 0.4) is 0 Å². The lowest BCUT2D eigenvalue weighted by Crippen LogP contribution is -2.29. The first-order valence-corrected chi connectivity index (χ1v) is 8.60. The highest BCUT2D eigenvalue weighted by atomic mass is 16.6. The normalized spacial score (nSPS) is 17.9. The molecule has 0 aromatic heterocycles. The van der Waals surface area contributed by atoms with Crippen LogP contribution in [0.15, 0.2) is 24.3 Å². The smallest absolute Gasteiger partial charge is 0.411 e. The molecule has 1 fully saturated rings. The number of hydrogen-bond acceptors (Lipinski definition) is 5. The maximum Gasteiger partial charge on any atom is 0.411 e. The fraction of sp³-hybridized carbons (Fsp3) is 0.500. The van der Waals surface area contributed by atoms with Crippen LogP contribution < -0.4 is 16.0 Å². The summed E-state index contributed by atoms with van der Waals surface area (Å²) in [6.45, 7) is 2.81. The van der Waals surface area contributed by atoms with Crippen molar-refractivity contribution >= 4 is 29.3 Å². The number of methoxy groups -OCH3 is 1. The number of anilines is 2. The zero-order valence-electron chi connectivity index (χ0n) is 15.0. The Morgan fingerprint density at radius 2 is 1.85 bits per heavy atom. The van der Waals surface area contributed by atoms with Crippen LogP contribution in [-0.2, 0) is 19.1 Å². The molecule has 8 nitrogen and oxygen atoms in total. The third-order valence-corrected chi connectivity index (χ3v) is 4.01. The molecular formula is C18H25N3O5. The average Bonchev–Trinajstić information content (AvgIpc) is 3.32. The number of amides is 3. The molecule has 2 unspecified atom stereocenters. The molecule has 3 N–H and O–H groups in total. The summed E-state index contributed by atoms with van der Waals surface area (Å²) in [5.74, 6) is 0.349. The van der Waals surface area contributed by atoms with Crippen molar-refractivity contribution in [2.24, 2.45) is 11.8 Å². The summed E-state index contributed by atoms with van der Waals surface area (Å²) >= 11 is 0. The topological polar surface area (TPSA) is 106 Å². The predicted octanol–water partition coefficient (Wildman–Crippen LogP) is 1.98. The van der Waals surface area contributed by atoms with Gasteiger partial charge in [0.15, 0.2) is 0 Å². The number of benzene rings is 1. The van der Waals surface area contributed by atoms with Gasteiger partial charge in [-0.2, -0.15) is 0 Å². The van der Waals surface area contributed by atoms with E-state index in [4.69, 9.17) is 9.47 Å². The zero-order chi connectivity index (χ0) is 18.9. The predicted molar refractivity (Wildman–Crippen MR) is 96.8 cm³/mol. The first kappa shape index (κ1) is 19.7. The van der Waals surface area contributed by atoms with E-state index in [1.165, 1.54) is 7.11 Å². The molecular weight excluding hydrogens is 338 g/mol. The van der Waals surface area contributed by atoms with Crippen LogP contribution in [0.1, 0.15) is 19.8 Å². The quantitative estimate of drug-likeness (QED) is 0.582. The minimum Gasteiger partial charge on any atom is -0.447 e. The van der Waals surface area contributed by atoms with Gasteiger partial charge in [0.2, 0.25) is 11.8 Å². The van der Waals surface area contributed by atoms with Crippen molar-refractivity contribution < 1.29 is 23.9 Å². The first-order chi connectivity index (χ1) is 12.5. The number of ether oxygens (including phenoxy) is 2. The maximum absolute atomic E-state index is 12.0. The lowest BCUT2D eigenvalue weighted by molar-refractivity contribution is -0.122. The molecule has 0 heterocycles. The molecule has 1 aliphatic rings. The van der Waals surface area contributed by atoms with Crippen LogP contribution in [0, 0.1) is 11.8 Å². The second-order valence-corrected chi connectivity index (χ2v) is 6.24. The molecule has 1 saturated carbocycles. The standard InChI is InChI=1S/C18H25N3O5/c1-12-10-15(12)17(23)19-7-6-16(22)20-13-4-3-5-14(11-13)21-18(24)26-9-8-25-2/h3-5,11-12,15H,6-10H2,1-2H3,(H,19,23)(H,20,22)(H,21,24). The summed E-state index contributed by atoms with van der Waals surface area (Å²) in [4.78, 5) is 35.3. The summed E-state index contributed by atoms with van der Waals surface area (Å²) < 4.78 is 9.71. The van der Waals surface area contributed by atoms with Gasteiger partial charge in [-0.3, -0.25) is 14.9 Å². The number of carbonyl (C=O) groups excluding carboxylic acids is 3. The Morgan fingerprint density at radius 3 is 2.50 bits per heavy atom. The van der Waals surface area contributed by atoms with Gasteiger partial charge in [-0.15, -0.1) is 0 Å². The fourth-order valence-electron chi connectivity index (χ4n) is 2.39. The Morgan fingerprint density at radius 1 is 1.15 bits per heavy atom. The number of hydrogen-bond donors (Lipinski definition) is 3. The largest absolute Gasteiger partial charge is 0.447 e. The van der Waals surface area contributed by atoms with Gasteiger partial charge in [0.25, 0.3) is 0 Å². The van der Waals surface area contributed by atoms with E-state index in [9.17, 15) is 14.4 Å². The van der Waals surface area contributed by atoms with E-state index in [-0.39, 0.29) is 30.8 Å². The van der Waals surface area contributed by atoms with Gasteiger partial charge in [-0.1, -0.05) is 13.0 Å². The van der Waals surface area contributed by atoms with E-state index in [1.807, 2.05) is 6.92 Å². The molecule has 3 amide bonds. The molecule has 1 aromatic carbocycles. The Labute approximate surface area is 152 Å².